The highest BCUT2D eigenvalue weighted by Gasteiger charge is 2.34. The van der Waals surface area contributed by atoms with Gasteiger partial charge in [-0.05, 0) is 41.1 Å². The highest BCUT2D eigenvalue weighted by atomic mass is 79.9. The third kappa shape index (κ3) is 5.05. The molecule has 0 aliphatic carbocycles. The Kier molecular flexibility index (Phi) is 6.60. The fourth-order valence-electron chi connectivity index (χ4n) is 2.97. The molecule has 4 rings (SSSR count). The van der Waals surface area contributed by atoms with Crippen LogP contribution in [0.4, 0.5) is 19.0 Å². The molecule has 0 spiro atoms. The van der Waals surface area contributed by atoms with E-state index in [0.29, 0.717) is 22.2 Å². The van der Waals surface area contributed by atoms with Crippen molar-refractivity contribution in [2.24, 2.45) is 0 Å². The highest BCUT2D eigenvalue weighted by Crippen LogP contribution is 2.35. The van der Waals surface area contributed by atoms with Crippen molar-refractivity contribution in [3.63, 3.8) is 0 Å². The van der Waals surface area contributed by atoms with E-state index in [4.69, 9.17) is 11.6 Å². The van der Waals surface area contributed by atoms with Crippen molar-refractivity contribution in [3.05, 3.63) is 73.5 Å². The monoisotopic (exact) mass is 572 g/mol. The summed E-state index contributed by atoms with van der Waals surface area (Å²) in [5.74, 6) is -1.38. The van der Waals surface area contributed by atoms with Crippen LogP contribution in [0.25, 0.3) is 5.52 Å². The summed E-state index contributed by atoms with van der Waals surface area (Å²) < 4.78 is 41.4. The number of rotatable bonds is 5. The zero-order valence-electron chi connectivity index (χ0n) is 17.0. The Morgan fingerprint density at radius 1 is 1.18 bits per heavy atom. The predicted octanol–water partition coefficient (Wildman–Crippen LogP) is 5.36. The molecule has 0 saturated carbocycles. The van der Waals surface area contributed by atoms with Crippen LogP contribution in [0.1, 0.15) is 43.6 Å². The Labute approximate surface area is 207 Å². The minimum atomic E-state index is -4.69. The highest BCUT2D eigenvalue weighted by molar-refractivity contribution is 9.10. The van der Waals surface area contributed by atoms with Crippen molar-refractivity contribution in [2.45, 2.75) is 19.1 Å². The zero-order valence-corrected chi connectivity index (χ0v) is 20.2. The van der Waals surface area contributed by atoms with Crippen LogP contribution in [-0.2, 0) is 6.18 Å². The van der Waals surface area contributed by atoms with Crippen LogP contribution in [0.3, 0.4) is 0 Å². The fraction of sp³-hybridized carbons (Fsp3) is 0.150. The molecule has 1 unspecified atom stereocenters. The number of nitrogens with zero attached hydrogens (tertiary/aromatic N) is 4. The molecular formula is C20H13BrClF3N6O2S. The van der Waals surface area contributed by atoms with Crippen molar-refractivity contribution >= 4 is 62.0 Å². The average molecular weight is 574 g/mol. The van der Waals surface area contributed by atoms with Crippen molar-refractivity contribution in [1.82, 2.24) is 24.9 Å². The Balaban J connectivity index is 1.45. The molecule has 2 amide bonds. The van der Waals surface area contributed by atoms with Gasteiger partial charge >= 0.3 is 6.18 Å². The van der Waals surface area contributed by atoms with Gasteiger partial charge in [0.15, 0.2) is 0 Å². The Hall–Kier alpha value is -3.03. The van der Waals surface area contributed by atoms with Crippen LogP contribution >= 0.6 is 38.9 Å². The number of nitrogens with one attached hydrogen (secondary N) is 2. The number of hydrogen-bond donors (Lipinski definition) is 2. The Morgan fingerprint density at radius 3 is 2.68 bits per heavy atom. The SMILES string of the molecule is CC(NC(=O)c1cnn2cc(Br)ccc12)c1ncc(C(=O)Nc2cc(C(F)(F)F)c(Cl)cn2)s1. The molecule has 1 atom stereocenters. The first kappa shape index (κ1) is 24.1. The molecule has 4 aromatic heterocycles. The normalized spacial score (nSPS) is 12.5. The van der Waals surface area contributed by atoms with Crippen LogP contribution in [-0.4, -0.2) is 31.4 Å². The number of halogens is 5. The molecule has 0 saturated heterocycles. The second-order valence-electron chi connectivity index (χ2n) is 6.99. The molecule has 0 aliphatic heterocycles. The van der Waals surface area contributed by atoms with Crippen LogP contribution in [0.5, 0.6) is 0 Å². The molecule has 2 N–H and O–H groups in total. The molecule has 0 aromatic carbocycles. The largest absolute Gasteiger partial charge is 0.418 e. The maximum atomic E-state index is 13.0. The van der Waals surface area contributed by atoms with Crippen molar-refractivity contribution in [1.29, 1.82) is 0 Å². The lowest BCUT2D eigenvalue weighted by Crippen LogP contribution is -2.26. The van der Waals surface area contributed by atoms with E-state index >= 15 is 0 Å². The van der Waals surface area contributed by atoms with Gasteiger partial charge in [-0.1, -0.05) is 11.6 Å². The fourth-order valence-corrected chi connectivity index (χ4v) is 4.32. The summed E-state index contributed by atoms with van der Waals surface area (Å²) in [6.07, 6.45) is 0.552. The summed E-state index contributed by atoms with van der Waals surface area (Å²) in [6, 6.07) is 3.64. The molecule has 34 heavy (non-hydrogen) atoms. The van der Waals surface area contributed by atoms with Gasteiger partial charge in [0, 0.05) is 16.9 Å². The second-order valence-corrected chi connectivity index (χ2v) is 9.38. The van der Waals surface area contributed by atoms with Crippen LogP contribution in [0, 0.1) is 0 Å². The number of amides is 2. The summed E-state index contributed by atoms with van der Waals surface area (Å²) in [4.78, 5) is 33.2. The molecule has 0 bridgehead atoms. The first-order valence-electron chi connectivity index (χ1n) is 9.46. The van der Waals surface area contributed by atoms with E-state index in [1.54, 1.807) is 29.8 Å². The maximum absolute atomic E-state index is 13.0. The molecule has 176 valence electrons. The first-order valence-corrected chi connectivity index (χ1v) is 11.4. The van der Waals surface area contributed by atoms with Gasteiger partial charge < -0.3 is 10.6 Å². The van der Waals surface area contributed by atoms with Crippen LogP contribution in [0.15, 0.2) is 47.5 Å². The molecule has 4 heterocycles. The average Bonchev–Trinajstić information content (AvgIpc) is 3.41. The van der Waals surface area contributed by atoms with E-state index in [1.165, 1.54) is 12.4 Å². The van der Waals surface area contributed by atoms with Crippen molar-refractivity contribution < 1.29 is 22.8 Å². The van der Waals surface area contributed by atoms with Crippen molar-refractivity contribution in [2.75, 3.05) is 5.32 Å². The van der Waals surface area contributed by atoms with Gasteiger partial charge in [0.05, 0.1) is 40.1 Å². The number of fused-ring (bicyclic) bond motifs is 1. The zero-order chi connectivity index (χ0) is 24.6. The summed E-state index contributed by atoms with van der Waals surface area (Å²) in [5.41, 5.74) is -0.134. The third-order valence-electron chi connectivity index (χ3n) is 4.59. The summed E-state index contributed by atoms with van der Waals surface area (Å²) >= 11 is 9.87. The molecule has 4 aromatic rings. The van der Waals surface area contributed by atoms with E-state index in [9.17, 15) is 22.8 Å². The molecule has 8 nitrogen and oxygen atoms in total. The number of carbonyl (C=O) groups excluding carboxylic acids is 2. The second kappa shape index (κ2) is 9.31. The van der Waals surface area contributed by atoms with E-state index in [0.717, 1.165) is 22.0 Å². The lowest BCUT2D eigenvalue weighted by atomic mass is 10.2. The number of aromatic nitrogens is 4. The Morgan fingerprint density at radius 2 is 1.94 bits per heavy atom. The van der Waals surface area contributed by atoms with Gasteiger partial charge in [0.1, 0.15) is 15.7 Å². The molecule has 0 aliphatic rings. The predicted molar refractivity (Wildman–Crippen MR) is 123 cm³/mol. The maximum Gasteiger partial charge on any atom is 0.418 e. The van der Waals surface area contributed by atoms with Gasteiger partial charge in [-0.3, -0.25) is 9.59 Å². The minimum absolute atomic E-state index is 0.127. The number of alkyl halides is 3. The van der Waals surface area contributed by atoms with Crippen molar-refractivity contribution in [3.8, 4) is 0 Å². The Bertz CT molecular complexity index is 1410. The standard InChI is InChI=1S/C20H13BrClF3N6O2S/c1-9(29-17(32)11-5-28-31-8-10(21)2-3-14(11)31)19-27-7-15(34-19)18(33)30-16-4-12(20(23,24)25)13(22)6-26-16/h2-9H,1H3,(H,29,32)(H,26,30,33). The van der Waals surface area contributed by atoms with Crippen LogP contribution in [0.2, 0.25) is 5.02 Å². The number of anilines is 1. The van der Waals surface area contributed by atoms with Gasteiger partial charge in [-0.25, -0.2) is 14.5 Å². The molecule has 14 heteroatoms. The quantitative estimate of drug-likeness (QED) is 0.335. The smallest absolute Gasteiger partial charge is 0.343 e. The topological polar surface area (TPSA) is 101 Å². The number of carbonyl (C=O) groups is 2. The third-order valence-corrected chi connectivity index (χ3v) is 6.54. The van der Waals surface area contributed by atoms with Gasteiger partial charge in [0.2, 0.25) is 0 Å². The van der Waals surface area contributed by atoms with Gasteiger partial charge in [-0.15, -0.1) is 11.3 Å². The van der Waals surface area contributed by atoms with Gasteiger partial charge in [-0.2, -0.15) is 18.3 Å². The first-order chi connectivity index (χ1) is 16.0. The summed E-state index contributed by atoms with van der Waals surface area (Å²) in [6.45, 7) is 1.69. The number of pyridine rings is 2. The van der Waals surface area contributed by atoms with Gasteiger partial charge in [0.25, 0.3) is 11.8 Å². The minimum Gasteiger partial charge on any atom is -0.343 e. The lowest BCUT2D eigenvalue weighted by Gasteiger charge is -2.11. The number of hydrogen-bond acceptors (Lipinski definition) is 6. The summed E-state index contributed by atoms with van der Waals surface area (Å²) in [7, 11) is 0. The molecule has 0 fully saturated rings. The van der Waals surface area contributed by atoms with E-state index in [2.05, 4.69) is 41.6 Å². The summed E-state index contributed by atoms with van der Waals surface area (Å²) in [5, 5.41) is 9.10. The lowest BCUT2D eigenvalue weighted by molar-refractivity contribution is -0.137. The molecular weight excluding hydrogens is 561 g/mol. The van der Waals surface area contributed by atoms with E-state index < -0.39 is 28.7 Å². The molecule has 0 radical (unpaired) electrons. The number of thiazole rings is 1. The van der Waals surface area contributed by atoms with Crippen LogP contribution < -0.4 is 10.6 Å². The van der Waals surface area contributed by atoms with E-state index in [-0.39, 0.29) is 16.6 Å². The van der Waals surface area contributed by atoms with E-state index in [1.807, 2.05) is 0 Å².